The number of alkyl halides is 3. The van der Waals surface area contributed by atoms with E-state index in [0.717, 1.165) is 30.7 Å². The summed E-state index contributed by atoms with van der Waals surface area (Å²) >= 11 is 1.28. The van der Waals surface area contributed by atoms with E-state index < -0.39 is 40.5 Å². The van der Waals surface area contributed by atoms with E-state index in [0.29, 0.717) is 11.0 Å². The third-order valence-electron chi connectivity index (χ3n) is 3.63. The number of amides is 1. The van der Waals surface area contributed by atoms with Crippen molar-refractivity contribution in [3.8, 4) is 0 Å². The van der Waals surface area contributed by atoms with Gasteiger partial charge in [0.25, 0.3) is 5.91 Å². The third-order valence-corrected chi connectivity index (χ3v) is 4.89. The summed E-state index contributed by atoms with van der Waals surface area (Å²) in [5, 5.41) is 2.14. The van der Waals surface area contributed by atoms with Crippen LogP contribution < -0.4 is 5.32 Å². The minimum atomic E-state index is -4.71. The number of hydrogen-bond acceptors (Lipinski definition) is 2. The zero-order valence-corrected chi connectivity index (χ0v) is 14.8. The molecule has 0 heterocycles. The molecule has 0 bridgehead atoms. The summed E-state index contributed by atoms with van der Waals surface area (Å²) in [5.74, 6) is -3.05. The molecule has 0 saturated heterocycles. The van der Waals surface area contributed by atoms with Crippen molar-refractivity contribution >= 4 is 23.4 Å². The molecule has 0 unspecified atom stereocenters. The Hall–Kier alpha value is -2.09. The summed E-state index contributed by atoms with van der Waals surface area (Å²) in [6.07, 6.45) is -3.93. The van der Waals surface area contributed by atoms with Crippen LogP contribution in [-0.2, 0) is 6.18 Å². The molecule has 0 aliphatic heterocycles. The van der Waals surface area contributed by atoms with Crippen molar-refractivity contribution in [2.45, 2.75) is 36.6 Å². The summed E-state index contributed by atoms with van der Waals surface area (Å²) < 4.78 is 66.9. The summed E-state index contributed by atoms with van der Waals surface area (Å²) in [6.45, 7) is 3.81. The van der Waals surface area contributed by atoms with Gasteiger partial charge in [0.15, 0.2) is 0 Å². The van der Waals surface area contributed by atoms with Crippen molar-refractivity contribution in [3.05, 3.63) is 59.2 Å². The van der Waals surface area contributed by atoms with E-state index in [1.54, 1.807) is 0 Å². The molecule has 0 aliphatic carbocycles. The number of thioether (sulfide) groups is 1. The van der Waals surface area contributed by atoms with Gasteiger partial charge in [0, 0.05) is 10.1 Å². The van der Waals surface area contributed by atoms with E-state index in [-0.39, 0.29) is 5.25 Å². The second-order valence-corrected chi connectivity index (χ2v) is 7.13. The molecule has 140 valence electrons. The number of anilines is 1. The number of hydrogen-bond donors (Lipinski definition) is 1. The molecule has 2 aromatic carbocycles. The molecule has 26 heavy (non-hydrogen) atoms. The Morgan fingerprint density at radius 3 is 2.46 bits per heavy atom. The van der Waals surface area contributed by atoms with E-state index in [1.807, 2.05) is 19.2 Å². The fourth-order valence-electron chi connectivity index (χ4n) is 2.12. The first-order valence-electron chi connectivity index (χ1n) is 7.76. The molecule has 8 heteroatoms. The van der Waals surface area contributed by atoms with Gasteiger partial charge in [0.1, 0.15) is 11.6 Å². The van der Waals surface area contributed by atoms with Gasteiger partial charge in [-0.05, 0) is 42.8 Å². The number of halogens is 5. The fraction of sp³-hybridized carbons (Fsp3) is 0.278. The number of carbonyl (C=O) groups excluding carboxylic acids is 1. The maximum absolute atomic E-state index is 13.7. The molecule has 0 aromatic heterocycles. The van der Waals surface area contributed by atoms with Gasteiger partial charge in [-0.25, -0.2) is 8.78 Å². The fourth-order valence-corrected chi connectivity index (χ4v) is 3.08. The summed E-state index contributed by atoms with van der Waals surface area (Å²) in [5.41, 5.74) is -2.23. The van der Waals surface area contributed by atoms with Gasteiger partial charge in [-0.15, -0.1) is 11.8 Å². The third kappa shape index (κ3) is 4.97. The Kier molecular flexibility index (Phi) is 6.28. The lowest BCUT2D eigenvalue weighted by atomic mass is 10.1. The topological polar surface area (TPSA) is 29.1 Å². The molecule has 2 nitrogen and oxygen atoms in total. The Balaban J connectivity index is 2.36. The van der Waals surface area contributed by atoms with Crippen molar-refractivity contribution in [3.63, 3.8) is 0 Å². The van der Waals surface area contributed by atoms with E-state index in [2.05, 4.69) is 0 Å². The van der Waals surface area contributed by atoms with Crippen molar-refractivity contribution in [2.24, 2.45) is 0 Å². The molecule has 1 atom stereocenters. The SMILES string of the molecule is CC[C@@H](C)Sc1ccc(NC(=O)c2cc(F)ccc2F)c(C(F)(F)F)c1. The van der Waals surface area contributed by atoms with Gasteiger partial charge >= 0.3 is 6.18 Å². The van der Waals surface area contributed by atoms with Crippen molar-refractivity contribution < 1.29 is 26.7 Å². The van der Waals surface area contributed by atoms with Crippen LogP contribution in [0.4, 0.5) is 27.6 Å². The van der Waals surface area contributed by atoms with Crippen LogP contribution in [0.25, 0.3) is 0 Å². The van der Waals surface area contributed by atoms with Crippen LogP contribution in [0.2, 0.25) is 0 Å². The predicted molar refractivity (Wildman–Crippen MR) is 91.4 cm³/mol. The molecule has 0 fully saturated rings. The summed E-state index contributed by atoms with van der Waals surface area (Å²) in [7, 11) is 0. The van der Waals surface area contributed by atoms with Crippen molar-refractivity contribution in [1.82, 2.24) is 0 Å². The first kappa shape index (κ1) is 20.2. The second kappa shape index (κ2) is 8.07. The monoisotopic (exact) mass is 389 g/mol. The number of nitrogens with one attached hydrogen (secondary N) is 1. The van der Waals surface area contributed by atoms with E-state index >= 15 is 0 Å². The predicted octanol–water partition coefficient (Wildman–Crippen LogP) is 6.13. The van der Waals surface area contributed by atoms with Crippen LogP contribution in [0.1, 0.15) is 36.2 Å². The van der Waals surface area contributed by atoms with E-state index in [1.165, 1.54) is 17.8 Å². The molecule has 0 spiro atoms. The van der Waals surface area contributed by atoms with Crippen LogP contribution in [0.15, 0.2) is 41.3 Å². The molecule has 1 N–H and O–H groups in total. The van der Waals surface area contributed by atoms with E-state index in [9.17, 15) is 26.7 Å². The van der Waals surface area contributed by atoms with Crippen LogP contribution in [0.3, 0.4) is 0 Å². The number of carbonyl (C=O) groups is 1. The Morgan fingerprint density at radius 1 is 1.15 bits per heavy atom. The van der Waals surface area contributed by atoms with Crippen LogP contribution >= 0.6 is 11.8 Å². The lowest BCUT2D eigenvalue weighted by Gasteiger charge is -2.16. The molecular formula is C18H16F5NOS. The van der Waals surface area contributed by atoms with Gasteiger partial charge in [0.05, 0.1) is 16.8 Å². The lowest BCUT2D eigenvalue weighted by Crippen LogP contribution is -2.18. The summed E-state index contributed by atoms with van der Waals surface area (Å²) in [6, 6.07) is 5.68. The molecule has 0 radical (unpaired) electrons. The highest BCUT2D eigenvalue weighted by molar-refractivity contribution is 7.99. The highest BCUT2D eigenvalue weighted by atomic mass is 32.2. The first-order chi connectivity index (χ1) is 12.1. The Labute approximate surface area is 151 Å². The average molecular weight is 389 g/mol. The van der Waals surface area contributed by atoms with Gasteiger partial charge in [-0.3, -0.25) is 4.79 Å². The number of rotatable bonds is 5. The normalized spacial score (nSPS) is 12.7. The molecule has 0 saturated carbocycles. The largest absolute Gasteiger partial charge is 0.418 e. The minimum absolute atomic E-state index is 0.123. The quantitative estimate of drug-likeness (QED) is 0.493. The molecule has 2 aromatic rings. The molecule has 2 rings (SSSR count). The Morgan fingerprint density at radius 2 is 1.85 bits per heavy atom. The molecule has 0 aliphatic rings. The van der Waals surface area contributed by atoms with Gasteiger partial charge in [-0.2, -0.15) is 13.2 Å². The van der Waals surface area contributed by atoms with Crippen molar-refractivity contribution in [1.29, 1.82) is 0 Å². The van der Waals surface area contributed by atoms with Crippen LogP contribution in [-0.4, -0.2) is 11.2 Å². The highest BCUT2D eigenvalue weighted by Gasteiger charge is 2.34. The van der Waals surface area contributed by atoms with Gasteiger partial charge in [0.2, 0.25) is 0 Å². The van der Waals surface area contributed by atoms with Gasteiger partial charge < -0.3 is 5.32 Å². The molecule has 1 amide bonds. The van der Waals surface area contributed by atoms with Crippen molar-refractivity contribution in [2.75, 3.05) is 5.32 Å². The van der Waals surface area contributed by atoms with Gasteiger partial charge in [-0.1, -0.05) is 13.8 Å². The average Bonchev–Trinajstić information content (AvgIpc) is 2.57. The smallest absolute Gasteiger partial charge is 0.321 e. The van der Waals surface area contributed by atoms with E-state index in [4.69, 9.17) is 0 Å². The standard InChI is InChI=1S/C18H16F5NOS/c1-3-10(2)26-12-5-7-16(14(9-12)18(21,22)23)24-17(25)13-8-11(19)4-6-15(13)20/h4-10H,3H2,1-2H3,(H,24,25)/t10-/m1/s1. The summed E-state index contributed by atoms with van der Waals surface area (Å²) in [4.78, 5) is 12.5. The highest BCUT2D eigenvalue weighted by Crippen LogP contribution is 2.38. The maximum atomic E-state index is 13.7. The maximum Gasteiger partial charge on any atom is 0.418 e. The van der Waals surface area contributed by atoms with Crippen LogP contribution in [0, 0.1) is 11.6 Å². The van der Waals surface area contributed by atoms with Crippen LogP contribution in [0.5, 0.6) is 0 Å². The second-order valence-electron chi connectivity index (χ2n) is 5.62. The minimum Gasteiger partial charge on any atom is -0.321 e. The first-order valence-corrected chi connectivity index (χ1v) is 8.64. The number of benzene rings is 2. The zero-order valence-electron chi connectivity index (χ0n) is 14.0. The Bertz CT molecular complexity index is 807. The molecular weight excluding hydrogens is 373 g/mol. The lowest BCUT2D eigenvalue weighted by molar-refractivity contribution is -0.137. The zero-order chi connectivity index (χ0) is 19.5.